The van der Waals surface area contributed by atoms with Gasteiger partial charge in [0.15, 0.2) is 0 Å². The van der Waals surface area contributed by atoms with Crippen molar-refractivity contribution in [1.29, 1.82) is 0 Å². The maximum Gasteiger partial charge on any atom is 0.253 e. The third-order valence-corrected chi connectivity index (χ3v) is 9.03. The number of piperazine rings is 1. The highest BCUT2D eigenvalue weighted by Gasteiger charge is 2.55. The fraction of sp³-hybridized carbons (Fsp3) is 0.500. The maximum absolute atomic E-state index is 13.1. The first-order valence-electron chi connectivity index (χ1n) is 11.4. The van der Waals surface area contributed by atoms with Crippen LogP contribution in [0.15, 0.2) is 36.5 Å². The molecule has 0 unspecified atom stereocenters. The van der Waals surface area contributed by atoms with E-state index in [1.807, 2.05) is 42.3 Å². The molecule has 33 heavy (non-hydrogen) atoms. The van der Waals surface area contributed by atoms with Crippen LogP contribution in [0.3, 0.4) is 0 Å². The number of aromatic nitrogens is 1. The van der Waals surface area contributed by atoms with Crippen molar-refractivity contribution in [2.75, 3.05) is 43.4 Å². The fourth-order valence-corrected chi connectivity index (χ4v) is 7.13. The number of hydrogen-bond acceptors (Lipinski definition) is 5. The Morgan fingerprint density at radius 2 is 1.67 bits per heavy atom. The zero-order valence-corrected chi connectivity index (χ0v) is 20.8. The number of rotatable bonds is 4. The van der Waals surface area contributed by atoms with E-state index in [1.54, 1.807) is 4.31 Å². The monoisotopic (exact) mass is 490 g/mol. The van der Waals surface area contributed by atoms with Gasteiger partial charge in [0.2, 0.25) is 10.0 Å². The first kappa shape index (κ1) is 24.0. The minimum atomic E-state index is -3.16. The van der Waals surface area contributed by atoms with Crippen molar-refractivity contribution in [3.63, 3.8) is 0 Å². The van der Waals surface area contributed by atoms with Gasteiger partial charge in [0.25, 0.3) is 5.91 Å². The summed E-state index contributed by atoms with van der Waals surface area (Å²) in [5.74, 6) is 1.27. The highest BCUT2D eigenvalue weighted by Crippen LogP contribution is 2.53. The van der Waals surface area contributed by atoms with E-state index in [1.165, 1.54) is 0 Å². The Bertz CT molecular complexity index is 1140. The summed E-state index contributed by atoms with van der Waals surface area (Å²) in [5, 5.41) is 0. The van der Waals surface area contributed by atoms with Crippen LogP contribution in [0.4, 0.5) is 5.82 Å². The number of hydrogen-bond donors (Lipinski definition) is 0. The van der Waals surface area contributed by atoms with Gasteiger partial charge >= 0.3 is 0 Å². The zero-order valence-electron chi connectivity index (χ0n) is 19.2. The van der Waals surface area contributed by atoms with E-state index >= 15 is 0 Å². The molecule has 0 atom stereocenters. The Balaban J connectivity index is 0.00000259. The van der Waals surface area contributed by atoms with Gasteiger partial charge in [-0.3, -0.25) is 4.79 Å². The van der Waals surface area contributed by atoms with Crippen molar-refractivity contribution in [3.8, 4) is 0 Å². The van der Waals surface area contributed by atoms with Crippen LogP contribution < -0.4 is 4.90 Å². The highest BCUT2D eigenvalue weighted by atomic mass is 35.5. The van der Waals surface area contributed by atoms with Gasteiger partial charge in [0, 0.05) is 44.5 Å². The summed E-state index contributed by atoms with van der Waals surface area (Å²) in [6, 6.07) is 9.76. The number of sulfonamides is 1. The van der Waals surface area contributed by atoms with Gasteiger partial charge in [0.05, 0.1) is 11.3 Å². The van der Waals surface area contributed by atoms with E-state index in [-0.39, 0.29) is 29.6 Å². The standard InChI is InChI=1S/C24H30N4O3S.ClH/c1-18-16-19(2)22(25-17-18)26-11-13-27(14-12-26)23(29)20-4-6-21(7-5-20)24(8-9-24)28-10-3-15-32(28,30)31;/h4-7,16-17H,3,8-15H2,1-2H3;1H. The van der Waals surface area contributed by atoms with Gasteiger partial charge in [-0.15, -0.1) is 12.4 Å². The lowest BCUT2D eigenvalue weighted by Gasteiger charge is -2.36. The Hall–Kier alpha value is -2.16. The minimum absolute atomic E-state index is 0. The molecule has 3 aliphatic rings. The second-order valence-corrected chi connectivity index (χ2v) is 11.3. The Kier molecular flexibility index (Phi) is 6.46. The minimum Gasteiger partial charge on any atom is -0.353 e. The van der Waals surface area contributed by atoms with Crippen molar-refractivity contribution in [2.45, 2.75) is 38.6 Å². The van der Waals surface area contributed by atoms with Crippen molar-refractivity contribution in [3.05, 3.63) is 58.8 Å². The highest BCUT2D eigenvalue weighted by molar-refractivity contribution is 7.89. The van der Waals surface area contributed by atoms with Crippen molar-refractivity contribution >= 4 is 34.2 Å². The molecule has 1 amide bonds. The molecule has 1 aromatic heterocycles. The van der Waals surface area contributed by atoms with Crippen LogP contribution in [-0.2, 0) is 15.6 Å². The molecular weight excluding hydrogens is 460 g/mol. The van der Waals surface area contributed by atoms with Gasteiger partial charge in [-0.05, 0) is 61.9 Å². The predicted octanol–water partition coefficient (Wildman–Crippen LogP) is 3.11. The molecular formula is C24H31ClN4O3S. The molecule has 0 N–H and O–H groups in total. The number of nitrogens with zero attached hydrogens (tertiary/aromatic N) is 4. The summed E-state index contributed by atoms with van der Waals surface area (Å²) in [6.45, 7) is 7.56. The van der Waals surface area contributed by atoms with E-state index in [9.17, 15) is 13.2 Å². The van der Waals surface area contributed by atoms with E-state index in [0.717, 1.165) is 48.4 Å². The number of carbonyl (C=O) groups excluding carboxylic acids is 1. The molecule has 9 heteroatoms. The topological polar surface area (TPSA) is 73.8 Å². The number of pyridine rings is 1. The lowest BCUT2D eigenvalue weighted by atomic mass is 10.0. The SMILES string of the molecule is Cc1cnc(N2CCN(C(=O)c3ccc(C4(N5CCCS5(=O)=O)CC4)cc3)CC2)c(C)c1.Cl. The molecule has 1 aromatic carbocycles. The number of amides is 1. The summed E-state index contributed by atoms with van der Waals surface area (Å²) in [5.41, 5.74) is 3.59. The van der Waals surface area contributed by atoms with Gasteiger partial charge < -0.3 is 9.80 Å². The number of aryl methyl sites for hydroxylation is 2. The molecule has 7 nitrogen and oxygen atoms in total. The van der Waals surface area contributed by atoms with Crippen LogP contribution >= 0.6 is 12.4 Å². The molecule has 3 heterocycles. The van der Waals surface area contributed by atoms with Crippen LogP contribution in [-0.4, -0.2) is 67.0 Å². The zero-order chi connectivity index (χ0) is 22.5. The molecule has 1 saturated carbocycles. The third-order valence-electron chi connectivity index (χ3n) is 7.02. The summed E-state index contributed by atoms with van der Waals surface area (Å²) in [4.78, 5) is 21.8. The van der Waals surface area contributed by atoms with Crippen LogP contribution in [0.25, 0.3) is 0 Å². The predicted molar refractivity (Wildman–Crippen MR) is 132 cm³/mol. The molecule has 2 saturated heterocycles. The fourth-order valence-electron chi connectivity index (χ4n) is 5.19. The number of halogens is 1. The number of anilines is 1. The van der Waals surface area contributed by atoms with Gasteiger partial charge in [0.1, 0.15) is 5.82 Å². The van der Waals surface area contributed by atoms with Gasteiger partial charge in [-0.25, -0.2) is 13.4 Å². The van der Waals surface area contributed by atoms with Crippen molar-refractivity contribution in [2.24, 2.45) is 0 Å². The van der Waals surface area contributed by atoms with E-state index in [4.69, 9.17) is 0 Å². The largest absolute Gasteiger partial charge is 0.353 e. The molecule has 178 valence electrons. The van der Waals surface area contributed by atoms with Gasteiger partial charge in [-0.2, -0.15) is 4.31 Å². The van der Waals surface area contributed by atoms with Crippen molar-refractivity contribution in [1.82, 2.24) is 14.2 Å². The van der Waals surface area contributed by atoms with Crippen LogP contribution in [0.2, 0.25) is 0 Å². The smallest absolute Gasteiger partial charge is 0.253 e. The lowest BCUT2D eigenvalue weighted by Crippen LogP contribution is -2.49. The average molecular weight is 491 g/mol. The van der Waals surface area contributed by atoms with Crippen LogP contribution in [0.1, 0.15) is 46.3 Å². The second-order valence-electron chi connectivity index (χ2n) is 9.28. The second kappa shape index (κ2) is 8.89. The maximum atomic E-state index is 13.1. The van der Waals surface area contributed by atoms with E-state index in [2.05, 4.69) is 22.9 Å². The Labute approximate surface area is 202 Å². The molecule has 0 spiro atoms. The van der Waals surface area contributed by atoms with E-state index < -0.39 is 10.0 Å². The first-order valence-corrected chi connectivity index (χ1v) is 13.0. The number of carbonyl (C=O) groups is 1. The molecule has 2 aromatic rings. The number of benzene rings is 1. The van der Waals surface area contributed by atoms with E-state index in [0.29, 0.717) is 31.6 Å². The van der Waals surface area contributed by atoms with Crippen LogP contribution in [0, 0.1) is 13.8 Å². The molecule has 2 aliphatic heterocycles. The lowest BCUT2D eigenvalue weighted by molar-refractivity contribution is 0.0746. The first-order chi connectivity index (χ1) is 15.3. The molecule has 0 radical (unpaired) electrons. The van der Waals surface area contributed by atoms with Crippen LogP contribution in [0.5, 0.6) is 0 Å². The summed E-state index contributed by atoms with van der Waals surface area (Å²) >= 11 is 0. The summed E-state index contributed by atoms with van der Waals surface area (Å²) < 4.78 is 26.5. The van der Waals surface area contributed by atoms with Crippen molar-refractivity contribution < 1.29 is 13.2 Å². The normalized spacial score (nSPS) is 21.5. The molecule has 1 aliphatic carbocycles. The Morgan fingerprint density at radius 3 is 2.21 bits per heavy atom. The molecule has 3 fully saturated rings. The van der Waals surface area contributed by atoms with Gasteiger partial charge in [-0.1, -0.05) is 18.2 Å². The average Bonchev–Trinajstić information content (AvgIpc) is 3.50. The summed E-state index contributed by atoms with van der Waals surface area (Å²) in [6.07, 6.45) is 4.30. The molecule has 0 bridgehead atoms. The summed E-state index contributed by atoms with van der Waals surface area (Å²) in [7, 11) is -3.16. The Morgan fingerprint density at radius 1 is 1.00 bits per heavy atom. The molecule has 5 rings (SSSR count). The third kappa shape index (κ3) is 4.36. The quantitative estimate of drug-likeness (QED) is 0.658.